The van der Waals surface area contributed by atoms with E-state index in [1.165, 1.54) is 30.3 Å². The second-order valence-corrected chi connectivity index (χ2v) is 6.36. The highest BCUT2D eigenvalue weighted by atomic mass is 35.5. The fourth-order valence-corrected chi connectivity index (χ4v) is 2.59. The molecule has 0 spiro atoms. The highest BCUT2D eigenvalue weighted by Crippen LogP contribution is 2.20. The van der Waals surface area contributed by atoms with Crippen molar-refractivity contribution in [2.45, 2.75) is 6.61 Å². The molecule has 3 aromatic rings. The molecule has 3 aromatic carbocycles. The SMILES string of the molecule is O=C(/C=C/c1ccc(OCc2ccccc2Cl)cc1)Oc1ccc([N+](=O)[O-])cc1. The second-order valence-electron chi connectivity index (χ2n) is 5.95. The predicted molar refractivity (Wildman–Crippen MR) is 110 cm³/mol. The van der Waals surface area contributed by atoms with Crippen molar-refractivity contribution in [2.24, 2.45) is 0 Å². The molecule has 0 aliphatic carbocycles. The summed E-state index contributed by atoms with van der Waals surface area (Å²) in [7, 11) is 0. The van der Waals surface area contributed by atoms with E-state index in [0.717, 1.165) is 11.1 Å². The number of hydrogen-bond donors (Lipinski definition) is 0. The molecular weight excluding hydrogens is 394 g/mol. The summed E-state index contributed by atoms with van der Waals surface area (Å²) in [5, 5.41) is 11.3. The second kappa shape index (κ2) is 9.52. The third kappa shape index (κ3) is 5.92. The van der Waals surface area contributed by atoms with Crippen LogP contribution in [0.5, 0.6) is 11.5 Å². The molecule has 0 saturated heterocycles. The Balaban J connectivity index is 1.53. The molecule has 0 N–H and O–H groups in total. The number of halogens is 1. The highest BCUT2D eigenvalue weighted by Gasteiger charge is 2.06. The summed E-state index contributed by atoms with van der Waals surface area (Å²) in [4.78, 5) is 22.0. The van der Waals surface area contributed by atoms with Crippen LogP contribution in [-0.4, -0.2) is 10.9 Å². The largest absolute Gasteiger partial charge is 0.489 e. The number of non-ortho nitro benzene ring substituents is 1. The standard InChI is InChI=1S/C22H16ClNO5/c23-21-4-2-1-3-17(21)15-28-19-10-5-16(6-11-19)7-14-22(25)29-20-12-8-18(9-13-20)24(26)27/h1-14H,15H2/b14-7+. The Bertz CT molecular complexity index is 1030. The molecule has 7 heteroatoms. The summed E-state index contributed by atoms with van der Waals surface area (Å²) >= 11 is 6.10. The van der Waals surface area contributed by atoms with Crippen LogP contribution in [0.15, 0.2) is 78.9 Å². The lowest BCUT2D eigenvalue weighted by Gasteiger charge is -2.07. The summed E-state index contributed by atoms with van der Waals surface area (Å²) < 4.78 is 10.8. The molecule has 29 heavy (non-hydrogen) atoms. The van der Waals surface area contributed by atoms with Crippen LogP contribution in [-0.2, 0) is 11.4 Å². The maximum atomic E-state index is 11.9. The van der Waals surface area contributed by atoms with E-state index in [2.05, 4.69) is 0 Å². The number of rotatable bonds is 7. The van der Waals surface area contributed by atoms with E-state index in [9.17, 15) is 14.9 Å². The Morgan fingerprint density at radius 1 is 0.966 bits per heavy atom. The van der Waals surface area contributed by atoms with Gasteiger partial charge in [0.25, 0.3) is 5.69 Å². The summed E-state index contributed by atoms with van der Waals surface area (Å²) in [5.74, 6) is 0.321. The van der Waals surface area contributed by atoms with Crippen molar-refractivity contribution < 1.29 is 19.2 Å². The van der Waals surface area contributed by atoms with Gasteiger partial charge in [-0.15, -0.1) is 0 Å². The summed E-state index contributed by atoms with van der Waals surface area (Å²) in [6.07, 6.45) is 2.88. The molecule has 0 fully saturated rings. The van der Waals surface area contributed by atoms with Crippen molar-refractivity contribution in [3.8, 4) is 11.5 Å². The van der Waals surface area contributed by atoms with Crippen LogP contribution in [0.25, 0.3) is 6.08 Å². The monoisotopic (exact) mass is 409 g/mol. The van der Waals surface area contributed by atoms with Gasteiger partial charge in [0.2, 0.25) is 0 Å². The van der Waals surface area contributed by atoms with E-state index in [1.807, 2.05) is 24.3 Å². The molecular formula is C22H16ClNO5. The Hall–Kier alpha value is -3.64. The van der Waals surface area contributed by atoms with Gasteiger partial charge in [-0.2, -0.15) is 0 Å². The Morgan fingerprint density at radius 3 is 2.28 bits per heavy atom. The first kappa shape index (κ1) is 20.1. The van der Waals surface area contributed by atoms with Crippen molar-refractivity contribution >= 4 is 29.3 Å². The molecule has 3 rings (SSSR count). The van der Waals surface area contributed by atoms with Crippen molar-refractivity contribution in [3.63, 3.8) is 0 Å². The smallest absolute Gasteiger partial charge is 0.336 e. The van der Waals surface area contributed by atoms with Gasteiger partial charge in [-0.1, -0.05) is 41.9 Å². The van der Waals surface area contributed by atoms with Gasteiger partial charge in [0.05, 0.1) is 4.92 Å². The molecule has 0 bridgehead atoms. The number of benzene rings is 3. The number of carbonyl (C=O) groups is 1. The lowest BCUT2D eigenvalue weighted by atomic mass is 10.2. The zero-order chi connectivity index (χ0) is 20.6. The predicted octanol–water partition coefficient (Wildman–Crippen LogP) is 5.45. The topological polar surface area (TPSA) is 78.7 Å². The van der Waals surface area contributed by atoms with Crippen molar-refractivity contribution in [1.82, 2.24) is 0 Å². The van der Waals surface area contributed by atoms with Gasteiger partial charge in [-0.05, 0) is 42.0 Å². The minimum atomic E-state index is -0.585. The molecule has 0 aromatic heterocycles. The number of carbonyl (C=O) groups excluding carboxylic acids is 1. The van der Waals surface area contributed by atoms with E-state index in [1.54, 1.807) is 30.3 Å². The highest BCUT2D eigenvalue weighted by molar-refractivity contribution is 6.31. The molecule has 0 saturated carbocycles. The van der Waals surface area contributed by atoms with Gasteiger partial charge in [-0.3, -0.25) is 10.1 Å². The van der Waals surface area contributed by atoms with Gasteiger partial charge in [0.15, 0.2) is 0 Å². The third-order valence-corrected chi connectivity index (χ3v) is 4.28. The normalized spacial score (nSPS) is 10.7. The number of esters is 1. The van der Waals surface area contributed by atoms with Gasteiger partial charge in [0, 0.05) is 28.8 Å². The van der Waals surface area contributed by atoms with Crippen LogP contribution in [0.2, 0.25) is 5.02 Å². The van der Waals surface area contributed by atoms with Crippen LogP contribution in [0.3, 0.4) is 0 Å². The maximum Gasteiger partial charge on any atom is 0.336 e. The van der Waals surface area contributed by atoms with E-state index in [4.69, 9.17) is 21.1 Å². The molecule has 0 aliphatic rings. The van der Waals surface area contributed by atoms with E-state index < -0.39 is 10.9 Å². The number of ether oxygens (including phenoxy) is 2. The minimum absolute atomic E-state index is 0.0721. The summed E-state index contributed by atoms with van der Waals surface area (Å²) in [6, 6.07) is 19.9. The molecule has 0 unspecified atom stereocenters. The maximum absolute atomic E-state index is 11.9. The number of nitro groups is 1. The molecule has 0 heterocycles. The van der Waals surface area contributed by atoms with E-state index in [-0.39, 0.29) is 11.4 Å². The van der Waals surface area contributed by atoms with Crippen molar-refractivity contribution in [2.75, 3.05) is 0 Å². The van der Waals surface area contributed by atoms with Gasteiger partial charge in [-0.25, -0.2) is 4.79 Å². The first-order valence-electron chi connectivity index (χ1n) is 8.62. The molecule has 146 valence electrons. The lowest BCUT2D eigenvalue weighted by Crippen LogP contribution is -2.03. The van der Waals surface area contributed by atoms with E-state index >= 15 is 0 Å². The minimum Gasteiger partial charge on any atom is -0.489 e. The molecule has 6 nitrogen and oxygen atoms in total. The Morgan fingerprint density at radius 2 is 1.62 bits per heavy atom. The van der Waals surface area contributed by atoms with Crippen molar-refractivity contribution in [3.05, 3.63) is 105 Å². The fourth-order valence-electron chi connectivity index (χ4n) is 2.40. The number of nitrogens with zero attached hydrogens (tertiary/aromatic N) is 1. The summed E-state index contributed by atoms with van der Waals surface area (Å²) in [6.45, 7) is 0.358. The van der Waals surface area contributed by atoms with E-state index in [0.29, 0.717) is 17.4 Å². The van der Waals surface area contributed by atoms with Gasteiger partial charge >= 0.3 is 5.97 Å². The van der Waals surface area contributed by atoms with Crippen LogP contribution in [0.1, 0.15) is 11.1 Å². The van der Waals surface area contributed by atoms with Gasteiger partial charge in [0.1, 0.15) is 18.1 Å². The number of hydrogen-bond acceptors (Lipinski definition) is 5. The lowest BCUT2D eigenvalue weighted by molar-refractivity contribution is -0.384. The average Bonchev–Trinajstić information content (AvgIpc) is 2.73. The number of nitro benzene ring substituents is 1. The Kier molecular flexibility index (Phi) is 6.60. The first-order chi connectivity index (χ1) is 14.0. The zero-order valence-electron chi connectivity index (χ0n) is 15.2. The quantitative estimate of drug-likeness (QED) is 0.170. The molecule has 0 amide bonds. The zero-order valence-corrected chi connectivity index (χ0v) is 15.9. The van der Waals surface area contributed by atoms with Crippen LogP contribution in [0.4, 0.5) is 5.69 Å². The third-order valence-electron chi connectivity index (χ3n) is 3.91. The molecule has 0 atom stereocenters. The molecule has 0 radical (unpaired) electrons. The van der Waals surface area contributed by atoms with Crippen molar-refractivity contribution in [1.29, 1.82) is 0 Å². The summed E-state index contributed by atoms with van der Waals surface area (Å²) in [5.41, 5.74) is 1.61. The van der Waals surface area contributed by atoms with Gasteiger partial charge < -0.3 is 9.47 Å². The molecule has 0 aliphatic heterocycles. The fraction of sp³-hybridized carbons (Fsp3) is 0.0455. The first-order valence-corrected chi connectivity index (χ1v) is 9.00. The van der Waals surface area contributed by atoms with Crippen LogP contribution >= 0.6 is 11.6 Å². The van der Waals surface area contributed by atoms with Crippen LogP contribution in [0, 0.1) is 10.1 Å². The van der Waals surface area contributed by atoms with Crippen LogP contribution < -0.4 is 9.47 Å². The Labute approximate surface area is 172 Å². The average molecular weight is 410 g/mol.